The van der Waals surface area contributed by atoms with Gasteiger partial charge in [0.05, 0.1) is 5.41 Å². The van der Waals surface area contributed by atoms with Crippen LogP contribution in [0.4, 0.5) is 0 Å². The van der Waals surface area contributed by atoms with E-state index >= 15 is 0 Å². The van der Waals surface area contributed by atoms with Crippen LogP contribution in [0, 0.1) is 0 Å². The van der Waals surface area contributed by atoms with E-state index in [-0.39, 0.29) is 0 Å². The molecule has 0 bridgehead atoms. The zero-order valence-corrected chi connectivity index (χ0v) is 34.3. The SMILES string of the molecule is c1ccc(-c2nc(-c3ccc4sc5ccccc5c4c3)nc(-c3ccccc3-c3cccc(-c4cccc5c4C4(c6ccccc6-c6ccccc64)c4ccccc4-5)c3)n2)cc1. The Bertz CT molecular complexity index is 3540. The first kappa shape index (κ1) is 35.0. The van der Waals surface area contributed by atoms with Crippen molar-refractivity contribution in [3.63, 3.8) is 0 Å². The molecule has 13 rings (SSSR count). The molecule has 2 aliphatic rings. The van der Waals surface area contributed by atoms with Crippen LogP contribution in [0.25, 0.3) is 98.8 Å². The van der Waals surface area contributed by atoms with Gasteiger partial charge < -0.3 is 0 Å². The summed E-state index contributed by atoms with van der Waals surface area (Å²) in [6.07, 6.45) is 0. The lowest BCUT2D eigenvalue weighted by molar-refractivity contribution is 0.796. The molecule has 4 heteroatoms. The van der Waals surface area contributed by atoms with Gasteiger partial charge in [-0.2, -0.15) is 0 Å². The van der Waals surface area contributed by atoms with E-state index < -0.39 is 5.41 Å². The fourth-order valence-corrected chi connectivity index (χ4v) is 11.5. The normalized spacial score (nSPS) is 13.0. The molecule has 0 saturated carbocycles. The van der Waals surface area contributed by atoms with Crippen molar-refractivity contribution in [3.8, 4) is 78.7 Å². The van der Waals surface area contributed by atoms with Crippen LogP contribution < -0.4 is 0 Å². The molecule has 0 unspecified atom stereocenters. The third-order valence-corrected chi connectivity index (χ3v) is 14.1. The van der Waals surface area contributed by atoms with Gasteiger partial charge in [-0.3, -0.25) is 0 Å². The maximum Gasteiger partial charge on any atom is 0.164 e. The van der Waals surface area contributed by atoms with Crippen LogP contribution in [0.1, 0.15) is 22.3 Å². The van der Waals surface area contributed by atoms with E-state index in [1.54, 1.807) is 0 Å². The van der Waals surface area contributed by atoms with Gasteiger partial charge in [-0.15, -0.1) is 11.3 Å². The van der Waals surface area contributed by atoms with E-state index in [1.165, 1.54) is 75.8 Å². The summed E-state index contributed by atoms with van der Waals surface area (Å²) >= 11 is 1.81. The van der Waals surface area contributed by atoms with Crippen molar-refractivity contribution in [2.24, 2.45) is 0 Å². The fraction of sp³-hybridized carbons (Fsp3) is 0.0172. The van der Waals surface area contributed by atoms with Gasteiger partial charge in [-0.25, -0.2) is 15.0 Å². The van der Waals surface area contributed by atoms with Gasteiger partial charge in [-0.05, 0) is 97.1 Å². The minimum atomic E-state index is -0.447. The van der Waals surface area contributed by atoms with Crippen LogP contribution >= 0.6 is 11.3 Å². The van der Waals surface area contributed by atoms with Gasteiger partial charge in [0, 0.05) is 36.9 Å². The Kier molecular flexibility index (Phi) is 7.69. The molecule has 2 aliphatic carbocycles. The third-order valence-electron chi connectivity index (χ3n) is 13.0. The van der Waals surface area contributed by atoms with Crippen LogP contribution in [0.2, 0.25) is 0 Å². The Labute approximate surface area is 363 Å². The highest BCUT2D eigenvalue weighted by molar-refractivity contribution is 7.25. The van der Waals surface area contributed by atoms with E-state index in [0.717, 1.165) is 27.8 Å². The molecule has 3 nitrogen and oxygen atoms in total. The Hall–Kier alpha value is -7.79. The fourth-order valence-electron chi connectivity index (χ4n) is 10.4. The molecular weight excluding hydrogens is 771 g/mol. The van der Waals surface area contributed by atoms with Crippen molar-refractivity contribution in [1.82, 2.24) is 15.0 Å². The lowest BCUT2D eigenvalue weighted by Gasteiger charge is -2.32. The largest absolute Gasteiger partial charge is 0.208 e. The first-order valence-corrected chi connectivity index (χ1v) is 21.9. The van der Waals surface area contributed by atoms with Gasteiger partial charge in [0.25, 0.3) is 0 Å². The summed E-state index contributed by atoms with van der Waals surface area (Å²) in [5, 5.41) is 2.46. The first-order valence-electron chi connectivity index (χ1n) is 21.1. The smallest absolute Gasteiger partial charge is 0.164 e. The van der Waals surface area contributed by atoms with Crippen LogP contribution in [-0.4, -0.2) is 15.0 Å². The van der Waals surface area contributed by atoms with Gasteiger partial charge in [-0.1, -0.05) is 182 Å². The highest BCUT2D eigenvalue weighted by Gasteiger charge is 2.52. The molecule has 0 aliphatic heterocycles. The predicted octanol–water partition coefficient (Wildman–Crippen LogP) is 14.9. The lowest BCUT2D eigenvalue weighted by Crippen LogP contribution is -2.26. The monoisotopic (exact) mass is 805 g/mol. The van der Waals surface area contributed by atoms with Gasteiger partial charge in [0.15, 0.2) is 17.5 Å². The first-order chi connectivity index (χ1) is 30.7. The van der Waals surface area contributed by atoms with E-state index in [2.05, 4.69) is 194 Å². The molecule has 1 spiro atoms. The standard InChI is InChI=1S/C58H35N3S/c1-2-16-36(17-3-1)55-59-56(39-32-33-53-48(35-39)45-24-9-13-31-52(45)62-53)61-57(60-55)47-25-5-4-20-40(47)37-18-14-19-38(34-37)41-26-15-27-46-44-23-8-12-30-51(44)58(54(41)46)49-28-10-6-21-42(49)43-22-7-11-29-50(43)58/h1-35H. The van der Waals surface area contributed by atoms with Crippen LogP contribution in [0.5, 0.6) is 0 Å². The predicted molar refractivity (Wildman–Crippen MR) is 256 cm³/mol. The number of rotatable bonds is 5. The quantitative estimate of drug-likeness (QED) is 0.174. The summed E-state index contributed by atoms with van der Waals surface area (Å²) < 4.78 is 2.52. The maximum atomic E-state index is 5.28. The second-order valence-corrected chi connectivity index (χ2v) is 17.3. The molecule has 2 aromatic heterocycles. The van der Waals surface area contributed by atoms with Crippen LogP contribution in [0.3, 0.4) is 0 Å². The van der Waals surface area contributed by atoms with Gasteiger partial charge in [0.1, 0.15) is 0 Å². The molecule has 0 fully saturated rings. The van der Waals surface area contributed by atoms with Crippen molar-refractivity contribution in [2.45, 2.75) is 5.41 Å². The second kappa shape index (κ2) is 13.6. The molecule has 0 N–H and O–H groups in total. The molecule has 0 radical (unpaired) electrons. The molecular formula is C58H35N3S. The summed E-state index contributed by atoms with van der Waals surface area (Å²) in [4.78, 5) is 15.6. The lowest BCUT2D eigenvalue weighted by atomic mass is 9.68. The highest BCUT2D eigenvalue weighted by atomic mass is 32.1. The summed E-state index contributed by atoms with van der Waals surface area (Å²) in [5.74, 6) is 1.93. The van der Waals surface area contributed by atoms with E-state index in [4.69, 9.17) is 15.0 Å². The van der Waals surface area contributed by atoms with E-state index in [9.17, 15) is 0 Å². The van der Waals surface area contributed by atoms with Crippen molar-refractivity contribution in [1.29, 1.82) is 0 Å². The molecule has 0 atom stereocenters. The average molecular weight is 806 g/mol. The van der Waals surface area contributed by atoms with Gasteiger partial charge in [0.2, 0.25) is 0 Å². The van der Waals surface area contributed by atoms with Crippen molar-refractivity contribution in [2.75, 3.05) is 0 Å². The van der Waals surface area contributed by atoms with Crippen molar-refractivity contribution < 1.29 is 0 Å². The van der Waals surface area contributed by atoms with Gasteiger partial charge >= 0.3 is 0 Å². The summed E-state index contributed by atoms with van der Waals surface area (Å²) in [7, 11) is 0. The Morgan fingerprint density at radius 3 is 1.50 bits per heavy atom. The Morgan fingerprint density at radius 2 is 0.774 bits per heavy atom. The third kappa shape index (κ3) is 5.08. The van der Waals surface area contributed by atoms with E-state index in [1.807, 2.05) is 29.5 Å². The number of benzene rings is 9. The number of fused-ring (bicyclic) bond motifs is 13. The summed E-state index contributed by atoms with van der Waals surface area (Å²) in [6, 6.07) is 76.9. The van der Waals surface area contributed by atoms with Crippen LogP contribution in [-0.2, 0) is 5.41 Å². The molecule has 9 aromatic carbocycles. The number of hydrogen-bond donors (Lipinski definition) is 0. The minimum Gasteiger partial charge on any atom is -0.208 e. The molecule has 62 heavy (non-hydrogen) atoms. The second-order valence-electron chi connectivity index (χ2n) is 16.2. The maximum absolute atomic E-state index is 5.28. The zero-order chi connectivity index (χ0) is 40.8. The number of hydrogen-bond acceptors (Lipinski definition) is 4. The minimum absolute atomic E-state index is 0.447. The molecule has 2 heterocycles. The summed E-state index contributed by atoms with van der Waals surface area (Å²) in [5.41, 5.74) is 17.5. The van der Waals surface area contributed by atoms with Crippen molar-refractivity contribution in [3.05, 3.63) is 235 Å². The topological polar surface area (TPSA) is 38.7 Å². The molecule has 11 aromatic rings. The highest BCUT2D eigenvalue weighted by Crippen LogP contribution is 2.64. The zero-order valence-electron chi connectivity index (χ0n) is 33.5. The van der Waals surface area contributed by atoms with Crippen LogP contribution in [0.15, 0.2) is 212 Å². The number of thiophene rings is 1. The van der Waals surface area contributed by atoms with Crippen molar-refractivity contribution >= 4 is 31.5 Å². The Morgan fingerprint density at radius 1 is 0.290 bits per heavy atom. The average Bonchev–Trinajstić information content (AvgIpc) is 3.98. The summed E-state index contributed by atoms with van der Waals surface area (Å²) in [6.45, 7) is 0. The molecule has 288 valence electrons. The number of nitrogens with zero attached hydrogens (tertiary/aromatic N) is 3. The molecule has 0 amide bonds. The Balaban J connectivity index is 0.992. The number of aromatic nitrogens is 3. The van der Waals surface area contributed by atoms with E-state index in [0.29, 0.717) is 17.5 Å². The molecule has 0 saturated heterocycles.